The van der Waals surface area contributed by atoms with E-state index in [1.165, 1.54) is 12.1 Å². The number of ether oxygens (including phenoxy) is 1. The van der Waals surface area contributed by atoms with Crippen molar-refractivity contribution in [2.45, 2.75) is 0 Å². The number of amides is 2. The maximum Gasteiger partial charge on any atom is 0.255 e. The van der Waals surface area contributed by atoms with Crippen LogP contribution in [0.2, 0.25) is 0 Å². The van der Waals surface area contributed by atoms with Gasteiger partial charge in [0.1, 0.15) is 5.82 Å². The van der Waals surface area contributed by atoms with Crippen LogP contribution < -0.4 is 5.32 Å². The molecule has 2 aromatic carbocycles. The molecule has 1 aliphatic rings. The van der Waals surface area contributed by atoms with Crippen LogP contribution in [0.25, 0.3) is 0 Å². The average Bonchev–Trinajstić information content (AvgIpc) is 2.64. The fourth-order valence-corrected chi connectivity index (χ4v) is 2.77. The summed E-state index contributed by atoms with van der Waals surface area (Å²) in [6, 6.07) is 10.8. The summed E-state index contributed by atoms with van der Waals surface area (Å²) in [4.78, 5) is 26.5. The Bertz CT molecular complexity index is 807. The summed E-state index contributed by atoms with van der Waals surface area (Å²) < 4.78 is 19.1. The van der Waals surface area contributed by atoms with Gasteiger partial charge in [-0.15, -0.1) is 0 Å². The van der Waals surface area contributed by atoms with Crippen LogP contribution in [0.15, 0.2) is 46.9 Å². The van der Waals surface area contributed by atoms with Crippen LogP contribution in [-0.2, 0) is 4.74 Å². The van der Waals surface area contributed by atoms with Crippen molar-refractivity contribution in [2.24, 2.45) is 0 Å². The third-order valence-electron chi connectivity index (χ3n) is 3.85. The summed E-state index contributed by atoms with van der Waals surface area (Å²) >= 11 is 3.05. The summed E-state index contributed by atoms with van der Waals surface area (Å²) in [5.41, 5.74) is 1.17. The molecule has 1 saturated heterocycles. The Kier molecular flexibility index (Phi) is 5.45. The number of halogens is 2. The molecule has 0 aromatic heterocycles. The van der Waals surface area contributed by atoms with E-state index in [4.69, 9.17) is 4.74 Å². The second-order valence-electron chi connectivity index (χ2n) is 5.57. The van der Waals surface area contributed by atoms with Crippen LogP contribution in [0.1, 0.15) is 20.7 Å². The first-order valence-electron chi connectivity index (χ1n) is 7.78. The molecular formula is C18H16BrFN2O3. The number of carbonyl (C=O) groups is 2. The SMILES string of the molecule is O=C(Nc1cccc(C(=O)N2CCOCC2)c1)c1ccc(Br)c(F)c1. The molecule has 1 fully saturated rings. The van der Waals surface area contributed by atoms with E-state index in [0.29, 0.717) is 42.0 Å². The monoisotopic (exact) mass is 406 g/mol. The highest BCUT2D eigenvalue weighted by Gasteiger charge is 2.19. The van der Waals surface area contributed by atoms with Gasteiger partial charge < -0.3 is 15.0 Å². The fourth-order valence-electron chi connectivity index (χ4n) is 2.52. The summed E-state index contributed by atoms with van der Waals surface area (Å²) in [7, 11) is 0. The predicted molar refractivity (Wildman–Crippen MR) is 95.2 cm³/mol. The molecule has 0 unspecified atom stereocenters. The zero-order chi connectivity index (χ0) is 17.8. The molecule has 5 nitrogen and oxygen atoms in total. The number of nitrogens with zero attached hydrogens (tertiary/aromatic N) is 1. The van der Waals surface area contributed by atoms with Crippen molar-refractivity contribution in [3.63, 3.8) is 0 Å². The maximum atomic E-state index is 13.6. The molecule has 3 rings (SSSR count). The molecule has 1 aliphatic heterocycles. The summed E-state index contributed by atoms with van der Waals surface area (Å²) in [6.45, 7) is 2.15. The highest BCUT2D eigenvalue weighted by Crippen LogP contribution is 2.18. The molecule has 0 atom stereocenters. The number of hydrogen-bond acceptors (Lipinski definition) is 3. The van der Waals surface area contributed by atoms with Crippen molar-refractivity contribution >= 4 is 33.4 Å². The molecule has 0 bridgehead atoms. The smallest absolute Gasteiger partial charge is 0.255 e. The van der Waals surface area contributed by atoms with Gasteiger partial charge in [0, 0.05) is 29.9 Å². The summed E-state index contributed by atoms with van der Waals surface area (Å²) in [5.74, 6) is -1.06. The van der Waals surface area contributed by atoms with Crippen molar-refractivity contribution in [1.82, 2.24) is 4.90 Å². The predicted octanol–water partition coefficient (Wildman–Crippen LogP) is 3.31. The zero-order valence-corrected chi connectivity index (χ0v) is 14.9. The van der Waals surface area contributed by atoms with E-state index in [9.17, 15) is 14.0 Å². The minimum atomic E-state index is -0.510. The third-order valence-corrected chi connectivity index (χ3v) is 4.49. The molecule has 7 heteroatoms. The van der Waals surface area contributed by atoms with E-state index in [1.807, 2.05) is 0 Å². The first-order chi connectivity index (χ1) is 12.0. The molecular weight excluding hydrogens is 391 g/mol. The lowest BCUT2D eigenvalue weighted by atomic mass is 10.1. The number of carbonyl (C=O) groups excluding carboxylic acids is 2. The van der Waals surface area contributed by atoms with Crippen LogP contribution in [0.4, 0.5) is 10.1 Å². The van der Waals surface area contributed by atoms with E-state index in [0.717, 1.165) is 6.07 Å². The fraction of sp³-hybridized carbons (Fsp3) is 0.222. The standard InChI is InChI=1S/C18H16BrFN2O3/c19-15-5-4-12(11-16(15)20)17(23)21-14-3-1-2-13(10-14)18(24)22-6-8-25-9-7-22/h1-5,10-11H,6-9H2,(H,21,23). The van der Waals surface area contributed by atoms with Gasteiger partial charge in [0.05, 0.1) is 17.7 Å². The number of anilines is 1. The van der Waals surface area contributed by atoms with Crippen LogP contribution in [0.3, 0.4) is 0 Å². The lowest BCUT2D eigenvalue weighted by Crippen LogP contribution is -2.40. The maximum absolute atomic E-state index is 13.6. The minimum absolute atomic E-state index is 0.103. The number of hydrogen-bond donors (Lipinski definition) is 1. The zero-order valence-electron chi connectivity index (χ0n) is 13.3. The lowest BCUT2D eigenvalue weighted by molar-refractivity contribution is 0.0303. The number of rotatable bonds is 3. The highest BCUT2D eigenvalue weighted by molar-refractivity contribution is 9.10. The van der Waals surface area contributed by atoms with Gasteiger partial charge in [-0.2, -0.15) is 0 Å². The van der Waals surface area contributed by atoms with Gasteiger partial charge in [-0.3, -0.25) is 9.59 Å². The van der Waals surface area contributed by atoms with E-state index in [-0.39, 0.29) is 11.5 Å². The van der Waals surface area contributed by atoms with Gasteiger partial charge in [-0.1, -0.05) is 6.07 Å². The van der Waals surface area contributed by atoms with Crippen molar-refractivity contribution in [3.05, 3.63) is 63.9 Å². The van der Waals surface area contributed by atoms with E-state index >= 15 is 0 Å². The quantitative estimate of drug-likeness (QED) is 0.850. The molecule has 0 aliphatic carbocycles. The number of benzene rings is 2. The van der Waals surface area contributed by atoms with E-state index < -0.39 is 11.7 Å². The Morgan fingerprint density at radius 3 is 2.56 bits per heavy atom. The molecule has 1 heterocycles. The van der Waals surface area contributed by atoms with Gasteiger partial charge in [-0.25, -0.2) is 4.39 Å². The van der Waals surface area contributed by atoms with Crippen LogP contribution in [-0.4, -0.2) is 43.0 Å². The summed E-state index contributed by atoms with van der Waals surface area (Å²) in [6.07, 6.45) is 0. The molecule has 0 radical (unpaired) electrons. The van der Waals surface area contributed by atoms with Gasteiger partial charge in [0.2, 0.25) is 0 Å². The molecule has 25 heavy (non-hydrogen) atoms. The Hall–Kier alpha value is -2.25. The Morgan fingerprint density at radius 1 is 1.08 bits per heavy atom. The topological polar surface area (TPSA) is 58.6 Å². The summed E-state index contributed by atoms with van der Waals surface area (Å²) in [5, 5.41) is 2.69. The molecule has 0 spiro atoms. The Balaban J connectivity index is 1.73. The molecule has 0 saturated carbocycles. The average molecular weight is 407 g/mol. The van der Waals surface area contributed by atoms with Gasteiger partial charge >= 0.3 is 0 Å². The minimum Gasteiger partial charge on any atom is -0.378 e. The van der Waals surface area contributed by atoms with Gasteiger partial charge in [-0.05, 0) is 52.3 Å². The molecule has 2 aromatic rings. The molecule has 1 N–H and O–H groups in total. The Morgan fingerprint density at radius 2 is 1.84 bits per heavy atom. The lowest BCUT2D eigenvalue weighted by Gasteiger charge is -2.27. The van der Waals surface area contributed by atoms with E-state index in [2.05, 4.69) is 21.2 Å². The van der Waals surface area contributed by atoms with Crippen molar-refractivity contribution < 1.29 is 18.7 Å². The molecule has 130 valence electrons. The second kappa shape index (κ2) is 7.76. The first-order valence-corrected chi connectivity index (χ1v) is 8.57. The van der Waals surface area contributed by atoms with Gasteiger partial charge in [0.15, 0.2) is 0 Å². The van der Waals surface area contributed by atoms with E-state index in [1.54, 1.807) is 29.2 Å². The Labute approximate surface area is 152 Å². The van der Waals surface area contributed by atoms with Crippen molar-refractivity contribution in [3.8, 4) is 0 Å². The van der Waals surface area contributed by atoms with Crippen LogP contribution in [0.5, 0.6) is 0 Å². The van der Waals surface area contributed by atoms with Crippen LogP contribution in [0, 0.1) is 5.82 Å². The largest absolute Gasteiger partial charge is 0.378 e. The van der Waals surface area contributed by atoms with Crippen molar-refractivity contribution in [2.75, 3.05) is 31.6 Å². The first kappa shape index (κ1) is 17.6. The number of morpholine rings is 1. The van der Waals surface area contributed by atoms with Gasteiger partial charge in [0.25, 0.3) is 11.8 Å². The van der Waals surface area contributed by atoms with Crippen LogP contribution >= 0.6 is 15.9 Å². The highest BCUT2D eigenvalue weighted by atomic mass is 79.9. The molecule has 2 amide bonds. The normalized spacial score (nSPS) is 14.2. The second-order valence-corrected chi connectivity index (χ2v) is 6.42. The van der Waals surface area contributed by atoms with Crippen molar-refractivity contribution in [1.29, 1.82) is 0 Å². The third kappa shape index (κ3) is 4.24. The number of nitrogens with one attached hydrogen (secondary N) is 1.